The predicted octanol–water partition coefficient (Wildman–Crippen LogP) is 4.43. The quantitative estimate of drug-likeness (QED) is 0.303. The third-order valence-corrected chi connectivity index (χ3v) is 9.72. The van der Waals surface area contributed by atoms with Crippen LogP contribution in [0, 0.1) is 6.92 Å². The zero-order valence-corrected chi connectivity index (χ0v) is 26.1. The summed E-state index contributed by atoms with van der Waals surface area (Å²) in [5, 5.41) is 3.04. The molecule has 0 aromatic heterocycles. The van der Waals surface area contributed by atoms with Crippen LogP contribution in [0.4, 0.5) is 0 Å². The molecule has 2 aromatic rings. The molecule has 1 fully saturated rings. The van der Waals surface area contributed by atoms with E-state index < -0.39 is 26.3 Å². The van der Waals surface area contributed by atoms with Crippen LogP contribution in [0.5, 0.6) is 5.75 Å². The Hall–Kier alpha value is -2.95. The molecule has 9 nitrogen and oxygen atoms in total. The van der Waals surface area contributed by atoms with E-state index in [0.717, 1.165) is 22.4 Å². The van der Waals surface area contributed by atoms with Crippen LogP contribution in [-0.4, -0.2) is 74.9 Å². The van der Waals surface area contributed by atoms with E-state index in [4.69, 9.17) is 14.2 Å². The number of benzene rings is 2. The summed E-state index contributed by atoms with van der Waals surface area (Å²) in [7, 11) is -2.63. The third kappa shape index (κ3) is 8.30. The van der Waals surface area contributed by atoms with Crippen molar-refractivity contribution in [2.24, 2.45) is 0 Å². The normalized spacial score (nSPS) is 15.4. The lowest BCUT2D eigenvalue weighted by Crippen LogP contribution is -2.52. The molecule has 0 bridgehead atoms. The Morgan fingerprint density at radius 3 is 2.32 bits per heavy atom. The Balaban J connectivity index is 1.57. The largest absolute Gasteiger partial charge is 0.492 e. The predicted molar refractivity (Wildman–Crippen MR) is 159 cm³/mol. The fourth-order valence-electron chi connectivity index (χ4n) is 4.93. The van der Waals surface area contributed by atoms with Crippen LogP contribution in [0.1, 0.15) is 64.5 Å². The smallest absolute Gasteiger partial charge is 0.328 e. The second-order valence-electron chi connectivity index (χ2n) is 11.9. The van der Waals surface area contributed by atoms with Gasteiger partial charge in [-0.3, -0.25) is 9.59 Å². The van der Waals surface area contributed by atoms with Crippen molar-refractivity contribution in [3.8, 4) is 16.9 Å². The molecule has 0 radical (unpaired) electrons. The van der Waals surface area contributed by atoms with Gasteiger partial charge in [0.25, 0.3) is 0 Å². The van der Waals surface area contributed by atoms with Crippen LogP contribution in [0.2, 0.25) is 0 Å². The molecule has 2 aromatic carbocycles. The summed E-state index contributed by atoms with van der Waals surface area (Å²) in [6, 6.07) is 14.3. The second kappa shape index (κ2) is 13.4. The minimum atomic E-state index is -3.83. The first-order valence-corrected chi connectivity index (χ1v) is 15.4. The SMILES string of the molecule is COC(=O)C(C)(C)S(=O)(=O)N1CCC(c2ccc(-c3cccc(OCCNCC(=O)OC(C)(C)C)c3)c(C)c2)CC1. The Bertz CT molecular complexity index is 1320. The van der Waals surface area contributed by atoms with Gasteiger partial charge in [0, 0.05) is 19.6 Å². The fourth-order valence-corrected chi connectivity index (χ4v) is 6.56. The molecule has 1 N–H and O–H groups in total. The van der Waals surface area contributed by atoms with Crippen molar-refractivity contribution in [1.29, 1.82) is 0 Å². The molecule has 0 atom stereocenters. The Kier molecular flexibility index (Phi) is 10.6. The van der Waals surface area contributed by atoms with Gasteiger partial charge in [-0.1, -0.05) is 30.3 Å². The van der Waals surface area contributed by atoms with E-state index in [1.807, 2.05) is 45.0 Å². The van der Waals surface area contributed by atoms with E-state index in [1.54, 1.807) is 0 Å². The second-order valence-corrected chi connectivity index (χ2v) is 14.4. The van der Waals surface area contributed by atoms with Gasteiger partial charge in [0.1, 0.15) is 18.0 Å². The highest BCUT2D eigenvalue weighted by Gasteiger charge is 2.47. The lowest BCUT2D eigenvalue weighted by atomic mass is 9.87. The van der Waals surface area contributed by atoms with Crippen molar-refractivity contribution >= 4 is 22.0 Å². The number of nitrogens with one attached hydrogen (secondary N) is 1. The van der Waals surface area contributed by atoms with E-state index in [1.165, 1.54) is 30.8 Å². The molecule has 0 saturated carbocycles. The summed E-state index contributed by atoms with van der Waals surface area (Å²) in [6.45, 7) is 12.2. The number of methoxy groups -OCH3 is 1. The standard InChI is InChI=1S/C31H44N2O7S/c1-22-19-24(23-13-16-33(17-14-23)41(36,37)31(5,6)29(35)38-7)11-12-27(22)25-9-8-10-26(20-25)39-18-15-32-21-28(34)40-30(2,3)4/h8-12,19-20,23,32H,13-18,21H2,1-7H3. The summed E-state index contributed by atoms with van der Waals surface area (Å²) in [5.74, 6) is -0.0709. The van der Waals surface area contributed by atoms with Crippen LogP contribution in [-0.2, 0) is 29.1 Å². The number of ether oxygens (including phenoxy) is 3. The first-order valence-electron chi connectivity index (χ1n) is 14.0. The van der Waals surface area contributed by atoms with Crippen LogP contribution < -0.4 is 10.1 Å². The molecule has 1 saturated heterocycles. The van der Waals surface area contributed by atoms with Crippen LogP contribution in [0.15, 0.2) is 42.5 Å². The number of aryl methyl sites for hydroxylation is 1. The Morgan fingerprint density at radius 1 is 1.02 bits per heavy atom. The van der Waals surface area contributed by atoms with Gasteiger partial charge < -0.3 is 19.5 Å². The first-order chi connectivity index (χ1) is 19.2. The Morgan fingerprint density at radius 2 is 1.71 bits per heavy atom. The lowest BCUT2D eigenvalue weighted by Gasteiger charge is -2.35. The van der Waals surface area contributed by atoms with E-state index in [-0.39, 0.29) is 18.4 Å². The summed E-state index contributed by atoms with van der Waals surface area (Å²) >= 11 is 0. The zero-order valence-electron chi connectivity index (χ0n) is 25.3. The minimum Gasteiger partial charge on any atom is -0.492 e. The Labute approximate surface area is 244 Å². The molecule has 3 rings (SSSR count). The zero-order chi connectivity index (χ0) is 30.4. The molecule has 226 valence electrons. The number of piperidine rings is 1. The van der Waals surface area contributed by atoms with Crippen molar-refractivity contribution in [2.45, 2.75) is 70.7 Å². The van der Waals surface area contributed by atoms with E-state index in [0.29, 0.717) is 39.1 Å². The van der Waals surface area contributed by atoms with E-state index >= 15 is 0 Å². The lowest BCUT2D eigenvalue weighted by molar-refractivity contribution is -0.153. The van der Waals surface area contributed by atoms with Gasteiger partial charge in [0.15, 0.2) is 4.75 Å². The molecule has 10 heteroatoms. The molecular formula is C31H44N2O7S. The van der Waals surface area contributed by atoms with Crippen LogP contribution in [0.25, 0.3) is 11.1 Å². The van der Waals surface area contributed by atoms with Gasteiger partial charge in [-0.25, -0.2) is 12.7 Å². The maximum Gasteiger partial charge on any atom is 0.328 e. The number of esters is 2. The van der Waals surface area contributed by atoms with Crippen LogP contribution in [0.3, 0.4) is 0 Å². The van der Waals surface area contributed by atoms with Gasteiger partial charge >= 0.3 is 11.9 Å². The average Bonchev–Trinajstić information content (AvgIpc) is 2.91. The first kappa shape index (κ1) is 32.6. The highest BCUT2D eigenvalue weighted by molar-refractivity contribution is 7.91. The number of carbonyl (C=O) groups is 2. The molecule has 0 spiro atoms. The van der Waals surface area contributed by atoms with Gasteiger partial charge in [-0.2, -0.15) is 0 Å². The molecule has 41 heavy (non-hydrogen) atoms. The maximum absolute atomic E-state index is 13.1. The van der Waals surface area contributed by atoms with Crippen LogP contribution >= 0.6 is 0 Å². The van der Waals surface area contributed by atoms with Gasteiger partial charge in [0.2, 0.25) is 10.0 Å². The monoisotopic (exact) mass is 588 g/mol. The summed E-state index contributed by atoms with van der Waals surface area (Å²) in [5.41, 5.74) is 3.94. The summed E-state index contributed by atoms with van der Waals surface area (Å²) < 4.78 is 41.9. The molecule has 0 unspecified atom stereocenters. The van der Waals surface area contributed by atoms with Crippen molar-refractivity contribution < 1.29 is 32.2 Å². The third-order valence-electron chi connectivity index (χ3n) is 7.22. The summed E-state index contributed by atoms with van der Waals surface area (Å²) in [4.78, 5) is 23.9. The molecule has 1 aliphatic heterocycles. The van der Waals surface area contributed by atoms with Gasteiger partial charge in [0.05, 0.1) is 13.7 Å². The van der Waals surface area contributed by atoms with Crippen molar-refractivity contribution in [3.05, 3.63) is 53.6 Å². The summed E-state index contributed by atoms with van der Waals surface area (Å²) in [6.07, 6.45) is 1.36. The fraction of sp³-hybridized carbons (Fsp3) is 0.548. The minimum absolute atomic E-state index is 0.131. The number of hydrogen-bond donors (Lipinski definition) is 1. The van der Waals surface area contributed by atoms with Gasteiger partial charge in [-0.05, 0) is 94.7 Å². The molecule has 0 amide bonds. The molecule has 1 aliphatic rings. The highest BCUT2D eigenvalue weighted by atomic mass is 32.2. The van der Waals surface area contributed by atoms with Crippen molar-refractivity contribution in [1.82, 2.24) is 9.62 Å². The molecular weight excluding hydrogens is 544 g/mol. The number of carbonyl (C=O) groups excluding carboxylic acids is 2. The number of sulfonamides is 1. The maximum atomic E-state index is 13.1. The van der Waals surface area contributed by atoms with E-state index in [2.05, 4.69) is 30.4 Å². The average molecular weight is 589 g/mol. The number of nitrogens with zero attached hydrogens (tertiary/aromatic N) is 1. The number of rotatable bonds is 11. The van der Waals surface area contributed by atoms with Crippen molar-refractivity contribution in [3.63, 3.8) is 0 Å². The molecule has 1 heterocycles. The van der Waals surface area contributed by atoms with Gasteiger partial charge in [-0.15, -0.1) is 0 Å². The van der Waals surface area contributed by atoms with Crippen molar-refractivity contribution in [2.75, 3.05) is 39.9 Å². The number of hydrogen-bond acceptors (Lipinski definition) is 8. The molecule has 0 aliphatic carbocycles. The highest BCUT2D eigenvalue weighted by Crippen LogP contribution is 2.35. The topological polar surface area (TPSA) is 111 Å². The van der Waals surface area contributed by atoms with E-state index in [9.17, 15) is 18.0 Å².